The van der Waals surface area contributed by atoms with Gasteiger partial charge < -0.3 is 15.3 Å². The van der Waals surface area contributed by atoms with Gasteiger partial charge in [0.05, 0.1) is 12.3 Å². The number of hydrogen-bond donors (Lipinski definition) is 2. The van der Waals surface area contributed by atoms with E-state index < -0.39 is 6.10 Å². The van der Waals surface area contributed by atoms with Crippen molar-refractivity contribution in [2.45, 2.75) is 13.0 Å². The number of nitrogens with one attached hydrogen (secondary N) is 1. The number of carbonyl (C=O) groups is 1. The maximum atomic E-state index is 11.6. The molecule has 0 bridgehead atoms. The summed E-state index contributed by atoms with van der Waals surface area (Å²) in [5, 5.41) is 15.3. The average Bonchev–Trinajstić information content (AvgIpc) is 2.34. The first-order chi connectivity index (χ1) is 8.13. The average molecular weight is 236 g/mol. The van der Waals surface area contributed by atoms with Crippen molar-refractivity contribution >= 4 is 12.1 Å². The summed E-state index contributed by atoms with van der Waals surface area (Å²) < 4.78 is 0. The Hall–Kier alpha value is -1.88. The van der Waals surface area contributed by atoms with E-state index in [0.717, 1.165) is 5.56 Å². The lowest BCUT2D eigenvalue weighted by atomic mass is 10.1. The number of aliphatic hydroxyl groups is 1. The summed E-state index contributed by atoms with van der Waals surface area (Å²) in [4.78, 5) is 16.1. The van der Waals surface area contributed by atoms with E-state index in [1.165, 1.54) is 7.11 Å². The van der Waals surface area contributed by atoms with Crippen LogP contribution >= 0.6 is 0 Å². The summed E-state index contributed by atoms with van der Waals surface area (Å²) in [5.74, 6) is -0.207. The highest BCUT2D eigenvalue weighted by Gasteiger charge is 2.05. The first-order valence-electron chi connectivity index (χ1n) is 5.26. The molecule has 0 aliphatic heterocycles. The van der Waals surface area contributed by atoms with Crippen LogP contribution in [0.5, 0.6) is 0 Å². The third-order valence-electron chi connectivity index (χ3n) is 2.04. The molecule has 2 N–H and O–H groups in total. The molecule has 1 rings (SSSR count). The molecule has 1 unspecified atom stereocenters. The van der Waals surface area contributed by atoms with Crippen LogP contribution in [0.1, 0.15) is 22.8 Å². The van der Waals surface area contributed by atoms with Crippen molar-refractivity contribution in [3.63, 3.8) is 0 Å². The number of rotatable bonds is 5. The molecule has 1 aromatic carbocycles. The van der Waals surface area contributed by atoms with Crippen molar-refractivity contribution in [2.24, 2.45) is 5.16 Å². The molecule has 0 fully saturated rings. The zero-order chi connectivity index (χ0) is 12.7. The fraction of sp³-hybridized carbons (Fsp3) is 0.333. The van der Waals surface area contributed by atoms with Crippen molar-refractivity contribution < 1.29 is 14.7 Å². The Kier molecular flexibility index (Phi) is 5.16. The molecule has 0 spiro atoms. The van der Waals surface area contributed by atoms with Crippen molar-refractivity contribution in [3.8, 4) is 0 Å². The Morgan fingerprint density at radius 3 is 2.71 bits per heavy atom. The molecule has 0 saturated carbocycles. The number of amides is 1. The minimum absolute atomic E-state index is 0.207. The quantitative estimate of drug-likeness (QED) is 0.586. The maximum Gasteiger partial charge on any atom is 0.251 e. The summed E-state index contributed by atoms with van der Waals surface area (Å²) >= 11 is 0. The molecule has 1 amide bonds. The van der Waals surface area contributed by atoms with Gasteiger partial charge in [-0.05, 0) is 24.6 Å². The summed E-state index contributed by atoms with van der Waals surface area (Å²) in [6.45, 7) is 1.86. The lowest BCUT2D eigenvalue weighted by Crippen LogP contribution is -2.30. The normalized spacial score (nSPS) is 12.4. The van der Waals surface area contributed by atoms with Gasteiger partial charge in [0.2, 0.25) is 0 Å². The maximum absolute atomic E-state index is 11.6. The largest absolute Gasteiger partial charge is 0.399 e. The summed E-state index contributed by atoms with van der Waals surface area (Å²) in [7, 11) is 1.47. The molecule has 0 aliphatic carbocycles. The molecule has 5 nitrogen and oxygen atoms in total. The van der Waals surface area contributed by atoms with Gasteiger partial charge >= 0.3 is 0 Å². The van der Waals surface area contributed by atoms with Crippen LogP contribution in [-0.2, 0) is 4.84 Å². The fourth-order valence-corrected chi connectivity index (χ4v) is 1.18. The molecule has 5 heteroatoms. The summed E-state index contributed by atoms with van der Waals surface area (Å²) in [6.07, 6.45) is 1.00. The number of oxime groups is 1. The van der Waals surface area contributed by atoms with Crippen LogP contribution in [-0.4, -0.2) is 37.0 Å². The standard InChI is InChI=1S/C12H16N2O3/c1-9(15)7-13-12(16)11-5-3-10(4-6-11)8-14-17-2/h3-6,8-9,15H,7H2,1-2H3,(H,13,16)/b14-8+. The van der Waals surface area contributed by atoms with E-state index in [9.17, 15) is 4.79 Å². The highest BCUT2D eigenvalue weighted by molar-refractivity contribution is 5.95. The van der Waals surface area contributed by atoms with Gasteiger partial charge in [-0.3, -0.25) is 4.79 Å². The third kappa shape index (κ3) is 4.65. The van der Waals surface area contributed by atoms with Gasteiger partial charge in [-0.25, -0.2) is 0 Å². The molecule has 92 valence electrons. The summed E-state index contributed by atoms with van der Waals surface area (Å²) in [5.41, 5.74) is 1.39. The van der Waals surface area contributed by atoms with Gasteiger partial charge in [0.1, 0.15) is 7.11 Å². The van der Waals surface area contributed by atoms with E-state index in [0.29, 0.717) is 5.56 Å². The lowest BCUT2D eigenvalue weighted by Gasteiger charge is -2.06. The third-order valence-corrected chi connectivity index (χ3v) is 2.04. The van der Waals surface area contributed by atoms with Crippen molar-refractivity contribution in [3.05, 3.63) is 35.4 Å². The number of carbonyl (C=O) groups excluding carboxylic acids is 1. The number of aliphatic hydroxyl groups excluding tert-OH is 1. The van der Waals surface area contributed by atoms with Gasteiger partial charge in [0.15, 0.2) is 0 Å². The van der Waals surface area contributed by atoms with Crippen LogP contribution < -0.4 is 5.32 Å². The second kappa shape index (κ2) is 6.65. The van der Waals surface area contributed by atoms with E-state index in [2.05, 4.69) is 15.3 Å². The van der Waals surface area contributed by atoms with Crippen molar-refractivity contribution in [1.82, 2.24) is 5.32 Å². The minimum Gasteiger partial charge on any atom is -0.399 e. The van der Waals surface area contributed by atoms with E-state index in [-0.39, 0.29) is 12.5 Å². The van der Waals surface area contributed by atoms with Gasteiger partial charge in [-0.1, -0.05) is 17.3 Å². The second-order valence-corrected chi connectivity index (χ2v) is 3.60. The monoisotopic (exact) mass is 236 g/mol. The fourth-order valence-electron chi connectivity index (χ4n) is 1.18. The Morgan fingerprint density at radius 2 is 2.18 bits per heavy atom. The Balaban J connectivity index is 2.60. The molecular formula is C12H16N2O3. The van der Waals surface area contributed by atoms with Crippen LogP contribution in [0, 0.1) is 0 Å². The zero-order valence-electron chi connectivity index (χ0n) is 9.88. The number of benzene rings is 1. The molecule has 0 saturated heterocycles. The second-order valence-electron chi connectivity index (χ2n) is 3.60. The smallest absolute Gasteiger partial charge is 0.251 e. The van der Waals surface area contributed by atoms with Gasteiger partial charge in [0.25, 0.3) is 5.91 Å². The highest BCUT2D eigenvalue weighted by atomic mass is 16.6. The molecule has 0 radical (unpaired) electrons. The van der Waals surface area contributed by atoms with E-state index in [4.69, 9.17) is 5.11 Å². The molecule has 1 atom stereocenters. The zero-order valence-corrected chi connectivity index (χ0v) is 9.88. The molecule has 0 aliphatic rings. The molecular weight excluding hydrogens is 220 g/mol. The van der Waals surface area contributed by atoms with E-state index in [1.54, 1.807) is 37.4 Å². The first kappa shape index (κ1) is 13.2. The van der Waals surface area contributed by atoms with Crippen LogP contribution in [0.3, 0.4) is 0 Å². The van der Waals surface area contributed by atoms with E-state index >= 15 is 0 Å². The predicted molar refractivity (Wildman–Crippen MR) is 65.1 cm³/mol. The number of nitrogens with zero attached hydrogens (tertiary/aromatic N) is 1. The van der Waals surface area contributed by atoms with Crippen molar-refractivity contribution in [2.75, 3.05) is 13.7 Å². The first-order valence-corrected chi connectivity index (χ1v) is 5.26. The number of hydrogen-bond acceptors (Lipinski definition) is 4. The molecule has 0 heterocycles. The molecule has 17 heavy (non-hydrogen) atoms. The van der Waals surface area contributed by atoms with Gasteiger partial charge in [0, 0.05) is 12.1 Å². The Bertz CT molecular complexity index is 385. The van der Waals surface area contributed by atoms with Crippen LogP contribution in [0.25, 0.3) is 0 Å². The Labute approximate surface area is 100 Å². The van der Waals surface area contributed by atoms with Gasteiger partial charge in [-0.2, -0.15) is 0 Å². The predicted octanol–water partition coefficient (Wildman–Crippen LogP) is 0.777. The highest BCUT2D eigenvalue weighted by Crippen LogP contribution is 2.02. The van der Waals surface area contributed by atoms with Crippen LogP contribution in [0.15, 0.2) is 29.4 Å². The SMILES string of the molecule is CO/N=C/c1ccc(C(=O)NCC(C)O)cc1. The topological polar surface area (TPSA) is 70.9 Å². The Morgan fingerprint density at radius 1 is 1.53 bits per heavy atom. The summed E-state index contributed by atoms with van der Waals surface area (Å²) in [6, 6.07) is 6.91. The van der Waals surface area contributed by atoms with Crippen LogP contribution in [0.2, 0.25) is 0 Å². The van der Waals surface area contributed by atoms with Crippen LogP contribution in [0.4, 0.5) is 0 Å². The minimum atomic E-state index is -0.549. The van der Waals surface area contributed by atoms with Crippen molar-refractivity contribution in [1.29, 1.82) is 0 Å². The van der Waals surface area contributed by atoms with Gasteiger partial charge in [-0.15, -0.1) is 0 Å². The molecule has 0 aromatic heterocycles. The van der Waals surface area contributed by atoms with E-state index in [1.807, 2.05) is 0 Å². The molecule has 1 aromatic rings. The lowest BCUT2D eigenvalue weighted by molar-refractivity contribution is 0.0924.